The second kappa shape index (κ2) is 8.48. The van der Waals surface area contributed by atoms with Crippen LogP contribution in [0.2, 0.25) is 0 Å². The SMILES string of the molecule is CCCCC/C=C(C)/C(C)=C/C1OCCCO1. The minimum absolute atomic E-state index is 0.136. The van der Waals surface area contributed by atoms with E-state index in [9.17, 15) is 0 Å². The molecule has 0 aromatic heterocycles. The number of hydrogen-bond donors (Lipinski definition) is 0. The van der Waals surface area contributed by atoms with E-state index in [-0.39, 0.29) is 6.29 Å². The summed E-state index contributed by atoms with van der Waals surface area (Å²) in [6.07, 6.45) is 10.4. The van der Waals surface area contributed by atoms with E-state index < -0.39 is 0 Å². The van der Waals surface area contributed by atoms with Gasteiger partial charge in [-0.3, -0.25) is 0 Å². The number of rotatable bonds is 6. The molecule has 1 rings (SSSR count). The fourth-order valence-electron chi connectivity index (χ4n) is 1.81. The standard InChI is InChI=1S/C15H26O2/c1-4-5-6-7-9-13(2)14(3)12-15-16-10-8-11-17-15/h9,12,15H,4-8,10-11H2,1-3H3/b13-9+,14-12+. The van der Waals surface area contributed by atoms with E-state index in [1.165, 1.54) is 36.8 Å². The maximum atomic E-state index is 5.52. The second-order valence-corrected chi connectivity index (χ2v) is 4.70. The topological polar surface area (TPSA) is 18.5 Å². The van der Waals surface area contributed by atoms with Gasteiger partial charge in [-0.1, -0.05) is 31.4 Å². The average Bonchev–Trinajstić information content (AvgIpc) is 2.35. The van der Waals surface area contributed by atoms with E-state index in [2.05, 4.69) is 32.9 Å². The minimum atomic E-state index is -0.136. The van der Waals surface area contributed by atoms with Gasteiger partial charge in [-0.2, -0.15) is 0 Å². The molecule has 0 N–H and O–H groups in total. The van der Waals surface area contributed by atoms with Crippen molar-refractivity contribution in [1.29, 1.82) is 0 Å². The molecule has 0 amide bonds. The average molecular weight is 238 g/mol. The van der Waals surface area contributed by atoms with E-state index >= 15 is 0 Å². The Kier molecular flexibility index (Phi) is 7.22. The van der Waals surface area contributed by atoms with Gasteiger partial charge in [-0.25, -0.2) is 0 Å². The molecule has 0 bridgehead atoms. The molecule has 0 radical (unpaired) electrons. The van der Waals surface area contributed by atoms with Crippen LogP contribution in [0.3, 0.4) is 0 Å². The molecule has 0 unspecified atom stereocenters. The molecule has 0 aliphatic carbocycles. The van der Waals surface area contributed by atoms with Crippen molar-refractivity contribution in [2.24, 2.45) is 0 Å². The molecule has 1 saturated heterocycles. The van der Waals surface area contributed by atoms with Gasteiger partial charge in [0.05, 0.1) is 13.2 Å². The normalized spacial score (nSPS) is 19.7. The third-order valence-electron chi connectivity index (χ3n) is 3.12. The highest BCUT2D eigenvalue weighted by molar-refractivity contribution is 5.27. The fraction of sp³-hybridized carbons (Fsp3) is 0.733. The summed E-state index contributed by atoms with van der Waals surface area (Å²) in [7, 11) is 0. The molecular formula is C15H26O2. The van der Waals surface area contributed by atoms with Crippen LogP contribution in [-0.4, -0.2) is 19.5 Å². The van der Waals surface area contributed by atoms with Crippen molar-refractivity contribution < 1.29 is 9.47 Å². The van der Waals surface area contributed by atoms with Crippen molar-refractivity contribution in [1.82, 2.24) is 0 Å². The molecular weight excluding hydrogens is 212 g/mol. The zero-order chi connectivity index (χ0) is 12.5. The Labute approximate surface area is 106 Å². The minimum Gasteiger partial charge on any atom is -0.349 e. The number of hydrogen-bond acceptors (Lipinski definition) is 2. The van der Waals surface area contributed by atoms with Gasteiger partial charge in [-0.15, -0.1) is 0 Å². The highest BCUT2D eigenvalue weighted by Gasteiger charge is 2.11. The van der Waals surface area contributed by atoms with Gasteiger partial charge in [0.25, 0.3) is 0 Å². The van der Waals surface area contributed by atoms with Crippen molar-refractivity contribution in [3.63, 3.8) is 0 Å². The Balaban J connectivity index is 2.37. The molecule has 0 aromatic carbocycles. The summed E-state index contributed by atoms with van der Waals surface area (Å²) in [5.41, 5.74) is 2.62. The molecule has 1 fully saturated rings. The van der Waals surface area contributed by atoms with E-state index in [0.29, 0.717) is 0 Å². The van der Waals surface area contributed by atoms with Gasteiger partial charge in [0.15, 0.2) is 6.29 Å². The predicted molar refractivity (Wildman–Crippen MR) is 72.0 cm³/mol. The van der Waals surface area contributed by atoms with Crippen LogP contribution in [-0.2, 0) is 9.47 Å². The lowest BCUT2D eigenvalue weighted by molar-refractivity contribution is -0.150. The molecule has 0 aromatic rings. The van der Waals surface area contributed by atoms with E-state index in [0.717, 1.165) is 19.6 Å². The third-order valence-corrected chi connectivity index (χ3v) is 3.12. The van der Waals surface area contributed by atoms with Gasteiger partial charge < -0.3 is 9.47 Å². The smallest absolute Gasteiger partial charge is 0.177 e. The molecule has 1 aliphatic heterocycles. The van der Waals surface area contributed by atoms with Crippen LogP contribution in [0.1, 0.15) is 52.9 Å². The summed E-state index contributed by atoms with van der Waals surface area (Å²) >= 11 is 0. The van der Waals surface area contributed by atoms with E-state index in [1.807, 2.05) is 0 Å². The lowest BCUT2D eigenvalue weighted by Crippen LogP contribution is -2.23. The highest BCUT2D eigenvalue weighted by Crippen LogP contribution is 2.15. The van der Waals surface area contributed by atoms with Crippen LogP contribution >= 0.6 is 0 Å². The number of ether oxygens (including phenoxy) is 2. The Bertz CT molecular complexity index is 260. The lowest BCUT2D eigenvalue weighted by Gasteiger charge is -2.21. The maximum Gasteiger partial charge on any atom is 0.177 e. The lowest BCUT2D eigenvalue weighted by atomic mass is 10.1. The molecule has 1 heterocycles. The molecule has 98 valence electrons. The van der Waals surface area contributed by atoms with Crippen LogP contribution in [0.15, 0.2) is 23.3 Å². The van der Waals surface area contributed by atoms with Crippen molar-refractivity contribution >= 4 is 0 Å². The Morgan fingerprint density at radius 2 is 1.82 bits per heavy atom. The van der Waals surface area contributed by atoms with Crippen LogP contribution in [0, 0.1) is 0 Å². The van der Waals surface area contributed by atoms with Gasteiger partial charge in [0, 0.05) is 0 Å². The van der Waals surface area contributed by atoms with Crippen molar-refractivity contribution in [3.05, 3.63) is 23.3 Å². The third kappa shape index (κ3) is 6.04. The monoisotopic (exact) mass is 238 g/mol. The van der Waals surface area contributed by atoms with Crippen molar-refractivity contribution in [2.45, 2.75) is 59.2 Å². The van der Waals surface area contributed by atoms with Gasteiger partial charge in [-0.05, 0) is 44.8 Å². The van der Waals surface area contributed by atoms with Crippen LogP contribution in [0.4, 0.5) is 0 Å². The summed E-state index contributed by atoms with van der Waals surface area (Å²) in [6, 6.07) is 0. The zero-order valence-corrected chi connectivity index (χ0v) is 11.5. The largest absolute Gasteiger partial charge is 0.349 e. The van der Waals surface area contributed by atoms with Crippen molar-refractivity contribution in [2.75, 3.05) is 13.2 Å². The Morgan fingerprint density at radius 3 is 2.47 bits per heavy atom. The first-order valence-corrected chi connectivity index (χ1v) is 6.82. The molecule has 0 atom stereocenters. The zero-order valence-electron chi connectivity index (χ0n) is 11.5. The molecule has 1 aliphatic rings. The first-order valence-electron chi connectivity index (χ1n) is 6.82. The van der Waals surface area contributed by atoms with Crippen LogP contribution < -0.4 is 0 Å². The summed E-state index contributed by atoms with van der Waals surface area (Å²) in [4.78, 5) is 0. The summed E-state index contributed by atoms with van der Waals surface area (Å²) in [5.74, 6) is 0. The number of unbranched alkanes of at least 4 members (excludes halogenated alkanes) is 3. The first kappa shape index (κ1) is 14.5. The van der Waals surface area contributed by atoms with Gasteiger partial charge in [0.2, 0.25) is 0 Å². The summed E-state index contributed by atoms with van der Waals surface area (Å²) in [5, 5.41) is 0. The fourth-order valence-corrected chi connectivity index (χ4v) is 1.81. The molecule has 0 saturated carbocycles. The maximum absolute atomic E-state index is 5.52. The first-order chi connectivity index (χ1) is 8.24. The molecule has 2 heteroatoms. The summed E-state index contributed by atoms with van der Waals surface area (Å²) < 4.78 is 11.0. The highest BCUT2D eigenvalue weighted by atomic mass is 16.7. The van der Waals surface area contributed by atoms with E-state index in [4.69, 9.17) is 9.47 Å². The quantitative estimate of drug-likeness (QED) is 0.509. The van der Waals surface area contributed by atoms with Crippen LogP contribution in [0.5, 0.6) is 0 Å². The van der Waals surface area contributed by atoms with Crippen molar-refractivity contribution in [3.8, 4) is 0 Å². The molecule has 2 nitrogen and oxygen atoms in total. The van der Waals surface area contributed by atoms with Crippen LogP contribution in [0.25, 0.3) is 0 Å². The predicted octanol–water partition coefficient (Wildman–Crippen LogP) is 4.22. The molecule has 17 heavy (non-hydrogen) atoms. The summed E-state index contributed by atoms with van der Waals surface area (Å²) in [6.45, 7) is 8.16. The van der Waals surface area contributed by atoms with Gasteiger partial charge in [0.1, 0.15) is 0 Å². The Morgan fingerprint density at radius 1 is 1.12 bits per heavy atom. The van der Waals surface area contributed by atoms with Gasteiger partial charge >= 0.3 is 0 Å². The Hall–Kier alpha value is -0.600. The number of allylic oxidation sites excluding steroid dienone is 3. The second-order valence-electron chi connectivity index (χ2n) is 4.70. The van der Waals surface area contributed by atoms with E-state index in [1.54, 1.807) is 0 Å². The molecule has 0 spiro atoms.